The fourth-order valence-electron chi connectivity index (χ4n) is 2.68. The van der Waals surface area contributed by atoms with Crippen molar-refractivity contribution >= 4 is 38.6 Å². The highest BCUT2D eigenvalue weighted by molar-refractivity contribution is 7.93. The SMILES string of the molecule is CN(c1cccc(Cl)c1)S(=O)(=O)c1ccsc1-c1nc(-c2cccc(F)c2)no1. The second kappa shape index (κ2) is 7.58. The Morgan fingerprint density at radius 3 is 2.69 bits per heavy atom. The van der Waals surface area contributed by atoms with Gasteiger partial charge in [-0.2, -0.15) is 4.98 Å². The van der Waals surface area contributed by atoms with Gasteiger partial charge in [0.2, 0.25) is 5.82 Å². The third-order valence-corrected chi connectivity index (χ3v) is 7.24. The van der Waals surface area contributed by atoms with E-state index in [1.165, 1.54) is 31.3 Å². The summed E-state index contributed by atoms with van der Waals surface area (Å²) in [6.45, 7) is 0. The summed E-state index contributed by atoms with van der Waals surface area (Å²) in [5, 5.41) is 5.90. The van der Waals surface area contributed by atoms with E-state index in [1.807, 2.05) is 0 Å². The van der Waals surface area contributed by atoms with Gasteiger partial charge in [-0.15, -0.1) is 11.3 Å². The van der Waals surface area contributed by atoms with Crippen LogP contribution in [0.3, 0.4) is 0 Å². The van der Waals surface area contributed by atoms with Crippen molar-refractivity contribution in [2.75, 3.05) is 11.4 Å². The molecule has 0 saturated heterocycles. The Bertz CT molecular complexity index is 1290. The average molecular weight is 450 g/mol. The second-order valence-electron chi connectivity index (χ2n) is 6.00. The summed E-state index contributed by atoms with van der Waals surface area (Å²) < 4.78 is 46.2. The smallest absolute Gasteiger partial charge is 0.269 e. The van der Waals surface area contributed by atoms with E-state index in [1.54, 1.807) is 35.7 Å². The fourth-order valence-corrected chi connectivity index (χ4v) is 5.36. The summed E-state index contributed by atoms with van der Waals surface area (Å²) in [5.41, 5.74) is 0.845. The Kier molecular flexibility index (Phi) is 5.12. The highest BCUT2D eigenvalue weighted by Gasteiger charge is 2.28. The van der Waals surface area contributed by atoms with Crippen LogP contribution >= 0.6 is 22.9 Å². The van der Waals surface area contributed by atoms with Gasteiger partial charge in [0.1, 0.15) is 15.6 Å². The molecule has 6 nitrogen and oxygen atoms in total. The minimum absolute atomic E-state index is 0.0272. The van der Waals surface area contributed by atoms with Crippen molar-refractivity contribution in [3.63, 3.8) is 0 Å². The molecule has 0 radical (unpaired) electrons. The number of anilines is 1. The number of aromatic nitrogens is 2. The van der Waals surface area contributed by atoms with Crippen LogP contribution in [0.25, 0.3) is 22.2 Å². The molecule has 0 N–H and O–H groups in total. The van der Waals surface area contributed by atoms with E-state index in [0.717, 1.165) is 15.6 Å². The molecule has 10 heteroatoms. The van der Waals surface area contributed by atoms with Gasteiger partial charge in [0.05, 0.1) is 5.69 Å². The van der Waals surface area contributed by atoms with Crippen LogP contribution in [-0.4, -0.2) is 25.6 Å². The van der Waals surface area contributed by atoms with Gasteiger partial charge in [-0.25, -0.2) is 12.8 Å². The van der Waals surface area contributed by atoms with Gasteiger partial charge in [-0.3, -0.25) is 4.31 Å². The highest BCUT2D eigenvalue weighted by atomic mass is 35.5. The lowest BCUT2D eigenvalue weighted by molar-refractivity contribution is 0.432. The Hall–Kier alpha value is -2.75. The van der Waals surface area contributed by atoms with Crippen LogP contribution in [0.5, 0.6) is 0 Å². The lowest BCUT2D eigenvalue weighted by Gasteiger charge is -2.19. The molecule has 4 aromatic rings. The number of rotatable bonds is 5. The molecule has 0 aliphatic rings. The Balaban J connectivity index is 1.72. The van der Waals surface area contributed by atoms with Crippen molar-refractivity contribution in [3.05, 3.63) is 70.8 Å². The summed E-state index contributed by atoms with van der Waals surface area (Å²) in [6.07, 6.45) is 0. The van der Waals surface area contributed by atoms with E-state index in [-0.39, 0.29) is 16.6 Å². The predicted molar refractivity (Wildman–Crippen MR) is 110 cm³/mol. The third kappa shape index (κ3) is 3.76. The first-order chi connectivity index (χ1) is 13.9. The first-order valence-electron chi connectivity index (χ1n) is 8.28. The van der Waals surface area contributed by atoms with Crippen molar-refractivity contribution in [2.24, 2.45) is 0 Å². The monoisotopic (exact) mass is 449 g/mol. The van der Waals surface area contributed by atoms with E-state index in [9.17, 15) is 12.8 Å². The number of benzene rings is 2. The van der Waals surface area contributed by atoms with Gasteiger partial charge in [0.25, 0.3) is 15.9 Å². The van der Waals surface area contributed by atoms with Crippen LogP contribution in [0.2, 0.25) is 5.02 Å². The topological polar surface area (TPSA) is 76.3 Å². The minimum Gasteiger partial charge on any atom is -0.333 e. The van der Waals surface area contributed by atoms with Crippen LogP contribution in [-0.2, 0) is 10.0 Å². The summed E-state index contributed by atoms with van der Waals surface area (Å²) >= 11 is 7.14. The molecule has 0 amide bonds. The molecule has 4 rings (SSSR count). The molecule has 0 saturated carbocycles. The normalized spacial score (nSPS) is 11.6. The van der Waals surface area contributed by atoms with E-state index in [4.69, 9.17) is 16.1 Å². The number of nitrogens with zero attached hydrogens (tertiary/aromatic N) is 3. The van der Waals surface area contributed by atoms with Crippen LogP contribution < -0.4 is 4.31 Å². The maximum atomic E-state index is 13.5. The molecule has 0 aliphatic carbocycles. The molecule has 148 valence electrons. The molecule has 2 aromatic carbocycles. The molecule has 0 unspecified atom stereocenters. The van der Waals surface area contributed by atoms with Crippen molar-refractivity contribution in [3.8, 4) is 22.2 Å². The largest absolute Gasteiger partial charge is 0.333 e. The number of thiophene rings is 1. The van der Waals surface area contributed by atoms with Crippen molar-refractivity contribution in [1.29, 1.82) is 0 Å². The lowest BCUT2D eigenvalue weighted by atomic mass is 10.2. The maximum Gasteiger partial charge on any atom is 0.269 e. The molecule has 2 aromatic heterocycles. The molecule has 0 spiro atoms. The van der Waals surface area contributed by atoms with E-state index in [0.29, 0.717) is 21.2 Å². The summed E-state index contributed by atoms with van der Waals surface area (Å²) in [7, 11) is -2.47. The highest BCUT2D eigenvalue weighted by Crippen LogP contribution is 2.35. The third-order valence-electron chi connectivity index (χ3n) is 4.14. The fraction of sp³-hybridized carbons (Fsp3) is 0.0526. The van der Waals surface area contributed by atoms with Crippen LogP contribution in [0, 0.1) is 5.82 Å². The minimum atomic E-state index is -3.91. The van der Waals surface area contributed by atoms with Gasteiger partial charge < -0.3 is 4.52 Å². The first kappa shape index (κ1) is 19.6. The van der Waals surface area contributed by atoms with Crippen LogP contribution in [0.15, 0.2) is 69.4 Å². The Morgan fingerprint density at radius 1 is 1.14 bits per heavy atom. The van der Waals surface area contributed by atoms with Crippen molar-refractivity contribution in [2.45, 2.75) is 4.90 Å². The van der Waals surface area contributed by atoms with Gasteiger partial charge in [0.15, 0.2) is 0 Å². The standard InChI is InChI=1S/C19H13ClFN3O3S2/c1-24(15-7-3-5-13(20)11-15)29(25,26)16-8-9-28-17(16)19-22-18(23-27-19)12-4-2-6-14(21)10-12/h2-11H,1H3. The zero-order valence-electron chi connectivity index (χ0n) is 14.9. The second-order valence-corrected chi connectivity index (χ2v) is 9.29. The number of halogens is 2. The predicted octanol–water partition coefficient (Wildman–Crippen LogP) is 5.08. The quantitative estimate of drug-likeness (QED) is 0.424. The van der Waals surface area contributed by atoms with Gasteiger partial charge >= 0.3 is 0 Å². The van der Waals surface area contributed by atoms with E-state index in [2.05, 4.69) is 10.1 Å². The van der Waals surface area contributed by atoms with Crippen molar-refractivity contribution in [1.82, 2.24) is 10.1 Å². The molecule has 0 atom stereocenters. The Morgan fingerprint density at radius 2 is 1.93 bits per heavy atom. The van der Waals surface area contributed by atoms with Gasteiger partial charge in [-0.1, -0.05) is 35.0 Å². The van der Waals surface area contributed by atoms with Crippen LogP contribution in [0.1, 0.15) is 0 Å². The van der Waals surface area contributed by atoms with Gasteiger partial charge in [-0.05, 0) is 41.8 Å². The Labute approximate surface area is 175 Å². The number of hydrogen-bond donors (Lipinski definition) is 0. The molecule has 0 fully saturated rings. The number of sulfonamides is 1. The summed E-state index contributed by atoms with van der Waals surface area (Å²) in [6, 6.07) is 13.7. The first-order valence-corrected chi connectivity index (χ1v) is 11.0. The molecule has 0 aliphatic heterocycles. The summed E-state index contributed by atoms with van der Waals surface area (Å²) in [4.78, 5) is 4.57. The number of hydrogen-bond acceptors (Lipinski definition) is 6. The average Bonchev–Trinajstić information content (AvgIpc) is 3.37. The van der Waals surface area contributed by atoms with E-state index < -0.39 is 15.8 Å². The maximum absolute atomic E-state index is 13.5. The molecular weight excluding hydrogens is 437 g/mol. The molecule has 29 heavy (non-hydrogen) atoms. The van der Waals surface area contributed by atoms with Gasteiger partial charge in [0, 0.05) is 17.6 Å². The van der Waals surface area contributed by atoms with Crippen LogP contribution in [0.4, 0.5) is 10.1 Å². The lowest BCUT2D eigenvalue weighted by Crippen LogP contribution is -2.26. The zero-order valence-corrected chi connectivity index (χ0v) is 17.3. The zero-order chi connectivity index (χ0) is 20.6. The van der Waals surface area contributed by atoms with E-state index >= 15 is 0 Å². The summed E-state index contributed by atoms with van der Waals surface area (Å²) in [5.74, 6) is -0.229. The molecule has 2 heterocycles. The van der Waals surface area contributed by atoms with Crippen molar-refractivity contribution < 1.29 is 17.3 Å². The molecular formula is C19H13ClFN3O3S2. The molecule has 0 bridgehead atoms.